The van der Waals surface area contributed by atoms with Crippen LogP contribution in [0.4, 0.5) is 0 Å². The van der Waals surface area contributed by atoms with Crippen molar-refractivity contribution in [2.45, 2.75) is 37.2 Å². The van der Waals surface area contributed by atoms with Crippen molar-refractivity contribution in [1.82, 2.24) is 0 Å². The molecule has 1 aromatic rings. The Labute approximate surface area is 148 Å². The van der Waals surface area contributed by atoms with Crippen molar-refractivity contribution < 1.29 is 14.3 Å². The van der Waals surface area contributed by atoms with Gasteiger partial charge in [0.2, 0.25) is 0 Å². The van der Waals surface area contributed by atoms with E-state index in [1.807, 2.05) is 13.2 Å². The summed E-state index contributed by atoms with van der Waals surface area (Å²) in [5.41, 5.74) is 0.543. The molecule has 2 rings (SSSR count). The van der Waals surface area contributed by atoms with Gasteiger partial charge in [0.25, 0.3) is 0 Å². The van der Waals surface area contributed by atoms with Crippen LogP contribution in [-0.4, -0.2) is 29.8 Å². The first kappa shape index (κ1) is 17.8. The molecule has 1 atom stereocenters. The van der Waals surface area contributed by atoms with Gasteiger partial charge in [-0.1, -0.05) is 0 Å². The van der Waals surface area contributed by atoms with Crippen molar-refractivity contribution in [2.24, 2.45) is 5.92 Å². The molecule has 3 nitrogen and oxygen atoms in total. The van der Waals surface area contributed by atoms with Gasteiger partial charge in [-0.05, 0) is 54.1 Å². The summed E-state index contributed by atoms with van der Waals surface area (Å²) in [7, 11) is 0. The molecule has 0 spiro atoms. The van der Waals surface area contributed by atoms with E-state index in [2.05, 4.69) is 15.9 Å². The van der Waals surface area contributed by atoms with Crippen molar-refractivity contribution in [3.8, 4) is 5.75 Å². The minimum atomic E-state index is -0.165. The largest absolute Gasteiger partial charge is 0.487 e. The fraction of sp³-hybridized carbons (Fsp3) is 0.500. The number of benzene rings is 1. The Bertz CT molecular complexity index is 587. The summed E-state index contributed by atoms with van der Waals surface area (Å²) >= 11 is 10.7. The van der Waals surface area contributed by atoms with E-state index in [0.29, 0.717) is 17.2 Å². The molecular weight excluding hydrogens is 388 g/mol. The summed E-state index contributed by atoms with van der Waals surface area (Å²) in [6.07, 6.45) is 3.54. The lowest BCUT2D eigenvalue weighted by molar-refractivity contribution is -0.119. The molecule has 1 aromatic carbocycles. The molecule has 0 amide bonds. The number of alkyl halides is 1. The van der Waals surface area contributed by atoms with Crippen LogP contribution in [0, 0.1) is 5.92 Å². The first-order valence-electron chi connectivity index (χ1n) is 7.13. The number of carbonyl (C=O) groups is 2. The Morgan fingerprint density at radius 3 is 2.68 bits per heavy atom. The maximum Gasteiger partial charge on any atom is 0.171 e. The van der Waals surface area contributed by atoms with Gasteiger partial charge in [0.05, 0.1) is 21.7 Å². The lowest BCUT2D eigenvalue weighted by atomic mass is 10.0. The molecule has 0 N–H and O–H groups in total. The Balaban J connectivity index is 2.28. The summed E-state index contributed by atoms with van der Waals surface area (Å²) < 4.78 is 6.61. The van der Waals surface area contributed by atoms with Gasteiger partial charge in [-0.3, -0.25) is 9.59 Å². The average molecular weight is 406 g/mol. The minimum absolute atomic E-state index is 0.0235. The van der Waals surface area contributed by atoms with Crippen LogP contribution in [0.5, 0.6) is 5.75 Å². The summed E-state index contributed by atoms with van der Waals surface area (Å²) in [5.74, 6) is 0.988. The topological polar surface area (TPSA) is 43.4 Å². The number of hydrogen-bond donors (Lipinski definition) is 0. The molecule has 0 bridgehead atoms. The van der Waals surface area contributed by atoms with E-state index >= 15 is 0 Å². The molecule has 120 valence electrons. The predicted molar refractivity (Wildman–Crippen MR) is 93.4 cm³/mol. The molecule has 1 saturated carbocycles. The molecular formula is C16H18BrClO3S. The third-order valence-electron chi connectivity index (χ3n) is 3.47. The molecule has 1 aliphatic carbocycles. The average Bonchev–Trinajstić information content (AvgIpc) is 3.33. The zero-order chi connectivity index (χ0) is 16.3. The molecule has 0 saturated heterocycles. The third-order valence-corrected chi connectivity index (χ3v) is 5.35. The van der Waals surface area contributed by atoms with E-state index in [-0.39, 0.29) is 30.0 Å². The summed E-state index contributed by atoms with van der Waals surface area (Å²) in [6.45, 7) is 1.87. The van der Waals surface area contributed by atoms with Gasteiger partial charge in [0.1, 0.15) is 17.6 Å². The minimum Gasteiger partial charge on any atom is -0.487 e. The lowest BCUT2D eigenvalue weighted by Gasteiger charge is -2.18. The number of thioether (sulfide) groups is 1. The van der Waals surface area contributed by atoms with E-state index in [4.69, 9.17) is 16.3 Å². The van der Waals surface area contributed by atoms with Crippen molar-refractivity contribution >= 4 is 50.9 Å². The normalized spacial score (nSPS) is 15.5. The molecule has 0 aliphatic heterocycles. The number of carbonyl (C=O) groups excluding carboxylic acids is 2. The van der Waals surface area contributed by atoms with Crippen LogP contribution in [0.3, 0.4) is 0 Å². The van der Waals surface area contributed by atoms with Crippen LogP contribution in [0.15, 0.2) is 21.5 Å². The summed E-state index contributed by atoms with van der Waals surface area (Å²) in [4.78, 5) is 25.1. The van der Waals surface area contributed by atoms with Crippen molar-refractivity contribution in [3.63, 3.8) is 0 Å². The number of Topliss-reactive ketones (excluding diaryl/α,β-unsaturated/α-hetero) is 2. The smallest absolute Gasteiger partial charge is 0.171 e. The monoisotopic (exact) mass is 404 g/mol. The molecule has 0 aromatic heterocycles. The van der Waals surface area contributed by atoms with Gasteiger partial charge in [0.15, 0.2) is 5.78 Å². The van der Waals surface area contributed by atoms with E-state index < -0.39 is 0 Å². The predicted octanol–water partition coefficient (Wildman–Crippen LogP) is 4.73. The summed E-state index contributed by atoms with van der Waals surface area (Å²) in [5, 5.41) is 0. The molecule has 0 radical (unpaired) electrons. The van der Waals surface area contributed by atoms with Crippen molar-refractivity contribution in [3.05, 3.63) is 22.2 Å². The second kappa shape index (κ2) is 7.84. The summed E-state index contributed by atoms with van der Waals surface area (Å²) in [6, 6.07) is 3.53. The number of rotatable bonds is 8. The van der Waals surface area contributed by atoms with Gasteiger partial charge in [0, 0.05) is 11.5 Å². The molecule has 22 heavy (non-hydrogen) atoms. The fourth-order valence-electron chi connectivity index (χ4n) is 2.11. The van der Waals surface area contributed by atoms with E-state index in [9.17, 15) is 9.59 Å². The standard InChI is InChI=1S/C16H18BrClO3S/c1-9(8-18)21-15-12(17)6-5-11(16(15)22-2)14(20)7-13(19)10-3-4-10/h5-6,9-10H,3-4,7-8H2,1-2H3. The lowest BCUT2D eigenvalue weighted by Crippen LogP contribution is -2.16. The Morgan fingerprint density at radius 2 is 2.14 bits per heavy atom. The quantitative estimate of drug-likeness (QED) is 0.271. The molecule has 1 aliphatic rings. The molecule has 0 heterocycles. The van der Waals surface area contributed by atoms with Crippen LogP contribution in [0.1, 0.15) is 36.5 Å². The zero-order valence-corrected chi connectivity index (χ0v) is 15.7. The number of ether oxygens (including phenoxy) is 1. The van der Waals surface area contributed by atoms with Gasteiger partial charge < -0.3 is 4.74 Å². The van der Waals surface area contributed by atoms with E-state index in [0.717, 1.165) is 22.2 Å². The molecule has 1 unspecified atom stereocenters. The maximum atomic E-state index is 12.5. The van der Waals surface area contributed by atoms with Gasteiger partial charge in [-0.25, -0.2) is 0 Å². The Hall–Kier alpha value is -0.520. The zero-order valence-electron chi connectivity index (χ0n) is 12.5. The Kier molecular flexibility index (Phi) is 6.36. The highest BCUT2D eigenvalue weighted by atomic mass is 79.9. The number of ketones is 2. The number of hydrogen-bond acceptors (Lipinski definition) is 4. The maximum absolute atomic E-state index is 12.5. The first-order chi connectivity index (χ1) is 10.5. The van der Waals surface area contributed by atoms with Crippen LogP contribution in [0.2, 0.25) is 0 Å². The highest BCUT2D eigenvalue weighted by molar-refractivity contribution is 9.10. The van der Waals surface area contributed by atoms with Crippen LogP contribution in [0.25, 0.3) is 0 Å². The van der Waals surface area contributed by atoms with Crippen LogP contribution in [-0.2, 0) is 4.79 Å². The highest BCUT2D eigenvalue weighted by Crippen LogP contribution is 2.39. The Morgan fingerprint density at radius 1 is 1.45 bits per heavy atom. The number of halogens is 2. The third kappa shape index (κ3) is 4.27. The highest BCUT2D eigenvalue weighted by Gasteiger charge is 2.31. The second-order valence-electron chi connectivity index (χ2n) is 5.38. The van der Waals surface area contributed by atoms with Gasteiger partial charge >= 0.3 is 0 Å². The SMILES string of the molecule is CSc1c(C(=O)CC(=O)C2CC2)ccc(Br)c1OC(C)CCl. The van der Waals surface area contributed by atoms with Crippen LogP contribution >= 0.6 is 39.3 Å². The molecule has 1 fully saturated rings. The van der Waals surface area contributed by atoms with E-state index in [1.54, 1.807) is 12.1 Å². The van der Waals surface area contributed by atoms with Crippen molar-refractivity contribution in [2.75, 3.05) is 12.1 Å². The second-order valence-corrected chi connectivity index (χ2v) is 7.36. The first-order valence-corrected chi connectivity index (χ1v) is 9.68. The fourth-order valence-corrected chi connectivity index (χ4v) is 3.47. The van der Waals surface area contributed by atoms with Gasteiger partial charge in [-0.15, -0.1) is 23.4 Å². The molecule has 6 heteroatoms. The van der Waals surface area contributed by atoms with E-state index in [1.165, 1.54) is 11.8 Å². The van der Waals surface area contributed by atoms with Gasteiger partial charge in [-0.2, -0.15) is 0 Å². The van der Waals surface area contributed by atoms with Crippen LogP contribution < -0.4 is 4.74 Å². The van der Waals surface area contributed by atoms with Crippen molar-refractivity contribution in [1.29, 1.82) is 0 Å².